The molecule has 0 bridgehead atoms. The molecule has 0 fully saturated rings. The Kier molecular flexibility index (Phi) is 2.33. The van der Waals surface area contributed by atoms with Gasteiger partial charge in [0.2, 0.25) is 5.78 Å². The van der Waals surface area contributed by atoms with E-state index in [4.69, 9.17) is 16.3 Å². The Hall–Kier alpha value is -1.54. The minimum absolute atomic E-state index is 0.0372. The highest BCUT2D eigenvalue weighted by Crippen LogP contribution is 2.40. The van der Waals surface area contributed by atoms with Crippen LogP contribution >= 0.6 is 11.6 Å². The lowest BCUT2D eigenvalue weighted by Gasteiger charge is -2.07. The van der Waals surface area contributed by atoms with Crippen molar-refractivity contribution < 1.29 is 9.53 Å². The molecule has 0 radical (unpaired) electrons. The van der Waals surface area contributed by atoms with Crippen molar-refractivity contribution in [3.8, 4) is 5.75 Å². The van der Waals surface area contributed by atoms with Crippen LogP contribution in [0.15, 0.2) is 30.3 Å². The molecule has 0 saturated heterocycles. The summed E-state index contributed by atoms with van der Waals surface area (Å²) in [6, 6.07) is 9.44. The summed E-state index contributed by atoms with van der Waals surface area (Å²) in [5.74, 6) is 0.719. The standard InChI is InChI=1S/C14H11ClO2/c1-2-12-13(16)10-7-11(15)8-5-3-4-6-9(8)14(10)17-12/h3-7,12H,2H2,1H3. The van der Waals surface area contributed by atoms with Gasteiger partial charge in [-0.05, 0) is 12.5 Å². The minimum atomic E-state index is -0.355. The second-order valence-electron chi connectivity index (χ2n) is 4.16. The lowest BCUT2D eigenvalue weighted by molar-refractivity contribution is 0.0854. The minimum Gasteiger partial charge on any atom is -0.481 e. The summed E-state index contributed by atoms with van der Waals surface area (Å²) < 4.78 is 5.73. The summed E-state index contributed by atoms with van der Waals surface area (Å²) in [5.41, 5.74) is 0.612. The molecule has 0 aromatic heterocycles. The molecule has 1 unspecified atom stereocenters. The Labute approximate surface area is 104 Å². The van der Waals surface area contributed by atoms with Crippen molar-refractivity contribution in [2.75, 3.05) is 0 Å². The van der Waals surface area contributed by atoms with Crippen molar-refractivity contribution in [3.63, 3.8) is 0 Å². The highest BCUT2D eigenvalue weighted by atomic mass is 35.5. The maximum atomic E-state index is 12.0. The molecule has 2 nitrogen and oxygen atoms in total. The van der Waals surface area contributed by atoms with Crippen LogP contribution in [-0.4, -0.2) is 11.9 Å². The summed E-state index contributed by atoms with van der Waals surface area (Å²) in [6.45, 7) is 1.94. The van der Waals surface area contributed by atoms with E-state index < -0.39 is 0 Å². The van der Waals surface area contributed by atoms with E-state index in [2.05, 4.69) is 0 Å². The van der Waals surface area contributed by atoms with Gasteiger partial charge < -0.3 is 4.74 Å². The highest BCUT2D eigenvalue weighted by molar-refractivity contribution is 6.36. The van der Waals surface area contributed by atoms with Crippen LogP contribution < -0.4 is 4.74 Å². The first-order valence-corrected chi connectivity index (χ1v) is 6.02. The van der Waals surface area contributed by atoms with Crippen molar-refractivity contribution >= 4 is 28.2 Å². The lowest BCUT2D eigenvalue weighted by atomic mass is 10.0. The van der Waals surface area contributed by atoms with Gasteiger partial charge >= 0.3 is 0 Å². The quantitative estimate of drug-likeness (QED) is 0.764. The molecule has 17 heavy (non-hydrogen) atoms. The van der Waals surface area contributed by atoms with E-state index in [1.54, 1.807) is 6.07 Å². The molecule has 3 heteroatoms. The number of carbonyl (C=O) groups excluding carboxylic acids is 1. The largest absolute Gasteiger partial charge is 0.481 e. The van der Waals surface area contributed by atoms with E-state index >= 15 is 0 Å². The van der Waals surface area contributed by atoms with Crippen molar-refractivity contribution in [1.29, 1.82) is 0 Å². The Morgan fingerprint density at radius 3 is 2.71 bits per heavy atom. The van der Waals surface area contributed by atoms with Crippen LogP contribution in [0.4, 0.5) is 0 Å². The predicted molar refractivity (Wildman–Crippen MR) is 68.0 cm³/mol. The van der Waals surface area contributed by atoms with E-state index in [0.29, 0.717) is 22.8 Å². The number of hydrogen-bond acceptors (Lipinski definition) is 2. The average Bonchev–Trinajstić information content (AvgIpc) is 2.67. The van der Waals surface area contributed by atoms with Crippen molar-refractivity contribution in [2.45, 2.75) is 19.4 Å². The fourth-order valence-corrected chi connectivity index (χ4v) is 2.53. The molecule has 1 aliphatic heterocycles. The number of benzene rings is 2. The number of rotatable bonds is 1. The predicted octanol–water partition coefficient (Wildman–Crippen LogP) is 3.85. The van der Waals surface area contributed by atoms with Crippen molar-refractivity contribution in [3.05, 3.63) is 40.9 Å². The monoisotopic (exact) mass is 246 g/mol. The summed E-state index contributed by atoms with van der Waals surface area (Å²) >= 11 is 6.19. The SMILES string of the molecule is CCC1Oc2c(cc(Cl)c3ccccc23)C1=O. The van der Waals surface area contributed by atoms with Crippen molar-refractivity contribution in [2.24, 2.45) is 0 Å². The molecule has 0 spiro atoms. The fraction of sp³-hybridized carbons (Fsp3) is 0.214. The van der Waals surface area contributed by atoms with Crippen LogP contribution in [0.25, 0.3) is 10.8 Å². The average molecular weight is 247 g/mol. The zero-order valence-corrected chi connectivity index (χ0v) is 10.1. The van der Waals surface area contributed by atoms with Crippen LogP contribution in [0.1, 0.15) is 23.7 Å². The first kappa shape index (κ1) is 10.6. The summed E-state index contributed by atoms with van der Waals surface area (Å²) in [6.07, 6.45) is 0.325. The van der Waals surface area contributed by atoms with Gasteiger partial charge in [0.05, 0.1) is 5.56 Å². The molecule has 3 rings (SSSR count). The maximum Gasteiger partial charge on any atom is 0.207 e. The Morgan fingerprint density at radius 1 is 1.29 bits per heavy atom. The molecule has 1 heterocycles. The van der Waals surface area contributed by atoms with E-state index in [1.165, 1.54) is 0 Å². The molecule has 2 aromatic carbocycles. The second kappa shape index (κ2) is 3.74. The summed E-state index contributed by atoms with van der Waals surface area (Å²) in [5, 5.41) is 2.45. The van der Waals surface area contributed by atoms with Crippen LogP contribution in [0, 0.1) is 0 Å². The topological polar surface area (TPSA) is 26.3 Å². The van der Waals surface area contributed by atoms with E-state index in [0.717, 1.165) is 10.8 Å². The van der Waals surface area contributed by atoms with Crippen LogP contribution in [0.3, 0.4) is 0 Å². The molecule has 0 saturated carbocycles. The van der Waals surface area contributed by atoms with Crippen molar-refractivity contribution in [1.82, 2.24) is 0 Å². The van der Waals surface area contributed by atoms with E-state index in [9.17, 15) is 4.79 Å². The molecule has 0 aliphatic carbocycles. The van der Waals surface area contributed by atoms with Gasteiger partial charge in [0.1, 0.15) is 5.75 Å². The van der Waals surface area contributed by atoms with Gasteiger partial charge in [-0.2, -0.15) is 0 Å². The fourth-order valence-electron chi connectivity index (χ4n) is 2.25. The molecule has 1 aliphatic rings. The molecule has 1 atom stereocenters. The third-order valence-electron chi connectivity index (χ3n) is 3.13. The van der Waals surface area contributed by atoms with E-state index in [-0.39, 0.29) is 11.9 Å². The van der Waals surface area contributed by atoms with Gasteiger partial charge in [-0.3, -0.25) is 4.79 Å². The van der Waals surface area contributed by atoms with Gasteiger partial charge in [-0.15, -0.1) is 0 Å². The van der Waals surface area contributed by atoms with Crippen LogP contribution in [0.2, 0.25) is 5.02 Å². The molecular weight excluding hydrogens is 236 g/mol. The lowest BCUT2D eigenvalue weighted by Crippen LogP contribution is -2.18. The van der Waals surface area contributed by atoms with Gasteiger partial charge in [0.15, 0.2) is 6.10 Å². The Balaban J connectivity index is 2.33. The number of hydrogen-bond donors (Lipinski definition) is 0. The second-order valence-corrected chi connectivity index (χ2v) is 4.57. The Morgan fingerprint density at radius 2 is 2.00 bits per heavy atom. The smallest absolute Gasteiger partial charge is 0.207 e. The third kappa shape index (κ3) is 1.44. The van der Waals surface area contributed by atoms with Gasteiger partial charge in [-0.1, -0.05) is 42.8 Å². The summed E-state index contributed by atoms with van der Waals surface area (Å²) in [7, 11) is 0. The van der Waals surface area contributed by atoms with Gasteiger partial charge in [0.25, 0.3) is 0 Å². The molecule has 0 N–H and O–H groups in total. The first-order chi connectivity index (χ1) is 8.22. The third-order valence-corrected chi connectivity index (χ3v) is 3.45. The number of fused-ring (bicyclic) bond motifs is 3. The number of ether oxygens (including phenoxy) is 1. The van der Waals surface area contributed by atoms with Gasteiger partial charge in [0, 0.05) is 15.8 Å². The zero-order chi connectivity index (χ0) is 12.0. The number of Topliss-reactive ketones (excluding diaryl/α,β-unsaturated/α-hetero) is 1. The van der Waals surface area contributed by atoms with Gasteiger partial charge in [-0.25, -0.2) is 0 Å². The normalized spacial score (nSPS) is 18.2. The van der Waals surface area contributed by atoms with Crippen LogP contribution in [-0.2, 0) is 0 Å². The number of ketones is 1. The van der Waals surface area contributed by atoms with Crippen LogP contribution in [0.5, 0.6) is 5.75 Å². The molecular formula is C14H11ClO2. The van der Waals surface area contributed by atoms with E-state index in [1.807, 2.05) is 31.2 Å². The molecule has 86 valence electrons. The molecule has 0 amide bonds. The summed E-state index contributed by atoms with van der Waals surface area (Å²) in [4.78, 5) is 12.0. The first-order valence-electron chi connectivity index (χ1n) is 5.64. The molecule has 2 aromatic rings. The number of carbonyl (C=O) groups is 1. The maximum absolute atomic E-state index is 12.0. The Bertz CT molecular complexity index is 619. The zero-order valence-electron chi connectivity index (χ0n) is 9.37. The highest BCUT2D eigenvalue weighted by Gasteiger charge is 2.32. The number of halogens is 1.